The molecule has 20 heavy (non-hydrogen) atoms. The summed E-state index contributed by atoms with van der Waals surface area (Å²) in [5.41, 5.74) is 8.64. The lowest BCUT2D eigenvalue weighted by Crippen LogP contribution is -2.26. The van der Waals surface area contributed by atoms with Gasteiger partial charge in [0.15, 0.2) is 0 Å². The quantitative estimate of drug-likeness (QED) is 0.921. The fraction of sp³-hybridized carbons (Fsp3) is 0.500. The van der Waals surface area contributed by atoms with Gasteiger partial charge in [-0.3, -0.25) is 0 Å². The first-order valence-corrected chi connectivity index (χ1v) is 7.37. The third-order valence-corrected chi connectivity index (χ3v) is 4.14. The van der Waals surface area contributed by atoms with Crippen LogP contribution < -0.4 is 10.6 Å². The van der Waals surface area contributed by atoms with Gasteiger partial charge >= 0.3 is 0 Å². The molecule has 0 amide bonds. The smallest absolute Gasteiger partial charge is 0.0501 e. The van der Waals surface area contributed by atoms with E-state index in [1.165, 1.54) is 16.6 Å². The Morgan fingerprint density at radius 3 is 2.85 bits per heavy atom. The van der Waals surface area contributed by atoms with Crippen LogP contribution in [0.2, 0.25) is 0 Å². The van der Waals surface area contributed by atoms with E-state index in [1.54, 1.807) is 0 Å². The first kappa shape index (κ1) is 13.5. The first-order valence-electron chi connectivity index (χ1n) is 7.37. The standard InChI is InChI=1S/C16H24N4/c1-18(2)9-10-19-7-5-13-3-4-15(11-16(13)19)20-8-6-14(17)12-20/h3-5,7,11,14H,6,8-10,12,17H2,1-2H3. The van der Waals surface area contributed by atoms with Crippen molar-refractivity contribution in [3.63, 3.8) is 0 Å². The average Bonchev–Trinajstić information content (AvgIpc) is 3.02. The van der Waals surface area contributed by atoms with Crippen molar-refractivity contribution < 1.29 is 0 Å². The predicted octanol–water partition coefficient (Wildman–Crippen LogP) is 1.74. The van der Waals surface area contributed by atoms with Crippen LogP contribution in [0.5, 0.6) is 0 Å². The molecule has 2 N–H and O–H groups in total. The second kappa shape index (κ2) is 5.46. The molecule has 0 saturated carbocycles. The maximum absolute atomic E-state index is 6.01. The second-order valence-electron chi connectivity index (χ2n) is 6.05. The topological polar surface area (TPSA) is 37.4 Å². The molecule has 4 nitrogen and oxygen atoms in total. The SMILES string of the molecule is CN(C)CCn1ccc2ccc(N3CCC(N)C3)cc21. The first-order chi connectivity index (χ1) is 9.63. The van der Waals surface area contributed by atoms with Gasteiger partial charge in [0.25, 0.3) is 0 Å². The molecule has 0 spiro atoms. The van der Waals surface area contributed by atoms with Crippen molar-refractivity contribution in [1.82, 2.24) is 9.47 Å². The van der Waals surface area contributed by atoms with Crippen LogP contribution in [0, 0.1) is 0 Å². The van der Waals surface area contributed by atoms with Gasteiger partial charge in [-0.1, -0.05) is 6.07 Å². The van der Waals surface area contributed by atoms with Crippen LogP contribution in [-0.4, -0.2) is 49.2 Å². The summed E-state index contributed by atoms with van der Waals surface area (Å²) in [5, 5.41) is 1.32. The number of nitrogens with two attached hydrogens (primary N) is 1. The summed E-state index contributed by atoms with van der Waals surface area (Å²) in [4.78, 5) is 4.61. The minimum absolute atomic E-state index is 0.325. The van der Waals surface area contributed by atoms with Gasteiger partial charge in [0.1, 0.15) is 0 Å². The largest absolute Gasteiger partial charge is 0.370 e. The van der Waals surface area contributed by atoms with Crippen LogP contribution in [0.15, 0.2) is 30.5 Å². The Bertz CT molecular complexity index is 587. The van der Waals surface area contributed by atoms with Gasteiger partial charge in [0.05, 0.1) is 5.52 Å². The molecule has 1 atom stereocenters. The Morgan fingerprint density at radius 1 is 1.30 bits per heavy atom. The second-order valence-corrected chi connectivity index (χ2v) is 6.05. The molecule has 0 radical (unpaired) electrons. The summed E-state index contributed by atoms with van der Waals surface area (Å²) in [7, 11) is 4.23. The van der Waals surface area contributed by atoms with E-state index in [-0.39, 0.29) is 0 Å². The molecular formula is C16H24N4. The van der Waals surface area contributed by atoms with Gasteiger partial charge in [0, 0.05) is 44.1 Å². The van der Waals surface area contributed by atoms with Crippen LogP contribution >= 0.6 is 0 Å². The summed E-state index contributed by atoms with van der Waals surface area (Å²) in [5.74, 6) is 0. The number of fused-ring (bicyclic) bond motifs is 1. The lowest BCUT2D eigenvalue weighted by atomic mass is 10.2. The highest BCUT2D eigenvalue weighted by molar-refractivity contribution is 5.84. The van der Waals surface area contributed by atoms with Crippen molar-refractivity contribution in [3.05, 3.63) is 30.5 Å². The van der Waals surface area contributed by atoms with Gasteiger partial charge < -0.3 is 20.1 Å². The fourth-order valence-electron chi connectivity index (χ4n) is 2.89. The molecule has 1 aliphatic heterocycles. The van der Waals surface area contributed by atoms with Crippen LogP contribution in [0.1, 0.15) is 6.42 Å². The van der Waals surface area contributed by atoms with E-state index in [0.29, 0.717) is 6.04 Å². The molecule has 2 heterocycles. The van der Waals surface area contributed by atoms with E-state index < -0.39 is 0 Å². The Hall–Kier alpha value is -1.52. The fourth-order valence-corrected chi connectivity index (χ4v) is 2.89. The number of benzene rings is 1. The highest BCUT2D eigenvalue weighted by Crippen LogP contribution is 2.25. The maximum Gasteiger partial charge on any atom is 0.0501 e. The molecule has 1 aromatic carbocycles. The Labute approximate surface area is 120 Å². The molecule has 4 heteroatoms. The zero-order valence-electron chi connectivity index (χ0n) is 12.4. The van der Waals surface area contributed by atoms with Crippen LogP contribution in [0.25, 0.3) is 10.9 Å². The van der Waals surface area contributed by atoms with E-state index in [9.17, 15) is 0 Å². The Balaban J connectivity index is 1.87. The van der Waals surface area contributed by atoms with Crippen molar-refractivity contribution in [3.8, 4) is 0 Å². The third kappa shape index (κ3) is 2.67. The molecule has 2 aromatic rings. The van der Waals surface area contributed by atoms with Gasteiger partial charge in [-0.15, -0.1) is 0 Å². The Morgan fingerprint density at radius 2 is 2.15 bits per heavy atom. The third-order valence-electron chi connectivity index (χ3n) is 4.14. The van der Waals surface area contributed by atoms with Crippen LogP contribution in [0.4, 0.5) is 5.69 Å². The minimum Gasteiger partial charge on any atom is -0.370 e. The maximum atomic E-state index is 6.01. The molecule has 108 valence electrons. The minimum atomic E-state index is 0.325. The van der Waals surface area contributed by atoms with E-state index in [0.717, 1.165) is 32.6 Å². The molecule has 3 rings (SSSR count). The highest BCUT2D eigenvalue weighted by atomic mass is 15.2. The molecule has 1 aromatic heterocycles. The summed E-state index contributed by atoms with van der Waals surface area (Å²) in [6, 6.07) is 9.27. The number of anilines is 1. The van der Waals surface area contributed by atoms with E-state index in [4.69, 9.17) is 5.73 Å². The normalized spacial score (nSPS) is 19.4. The lowest BCUT2D eigenvalue weighted by Gasteiger charge is -2.19. The van der Waals surface area contributed by atoms with E-state index in [1.807, 2.05) is 0 Å². The zero-order chi connectivity index (χ0) is 14.1. The van der Waals surface area contributed by atoms with E-state index in [2.05, 4.69) is 58.9 Å². The Kier molecular flexibility index (Phi) is 3.68. The molecule has 0 bridgehead atoms. The highest BCUT2D eigenvalue weighted by Gasteiger charge is 2.19. The molecule has 1 aliphatic rings. The number of aromatic nitrogens is 1. The molecule has 1 fully saturated rings. The van der Waals surface area contributed by atoms with Gasteiger partial charge in [-0.2, -0.15) is 0 Å². The predicted molar refractivity (Wildman–Crippen MR) is 85.3 cm³/mol. The van der Waals surface area contributed by atoms with Crippen LogP contribution in [0.3, 0.4) is 0 Å². The average molecular weight is 272 g/mol. The number of hydrogen-bond donors (Lipinski definition) is 1. The van der Waals surface area contributed by atoms with Crippen molar-refractivity contribution in [2.75, 3.05) is 38.6 Å². The molecule has 1 unspecified atom stereocenters. The summed E-state index contributed by atoms with van der Waals surface area (Å²) < 4.78 is 2.34. The van der Waals surface area contributed by atoms with Crippen molar-refractivity contribution >= 4 is 16.6 Å². The summed E-state index contributed by atoms with van der Waals surface area (Å²) in [6.45, 7) is 4.14. The number of hydrogen-bond acceptors (Lipinski definition) is 3. The van der Waals surface area contributed by atoms with Gasteiger partial charge in [-0.25, -0.2) is 0 Å². The van der Waals surface area contributed by atoms with Crippen molar-refractivity contribution in [1.29, 1.82) is 0 Å². The van der Waals surface area contributed by atoms with E-state index >= 15 is 0 Å². The van der Waals surface area contributed by atoms with Gasteiger partial charge in [-0.05, 0) is 44.1 Å². The lowest BCUT2D eigenvalue weighted by molar-refractivity contribution is 0.387. The molecule has 1 saturated heterocycles. The molecule has 0 aliphatic carbocycles. The van der Waals surface area contributed by atoms with Crippen LogP contribution in [-0.2, 0) is 6.54 Å². The monoisotopic (exact) mass is 272 g/mol. The number of likely N-dealkylation sites (N-methyl/N-ethyl adjacent to an activating group) is 1. The number of nitrogens with zero attached hydrogens (tertiary/aromatic N) is 3. The van der Waals surface area contributed by atoms with Gasteiger partial charge in [0.2, 0.25) is 0 Å². The molecular weight excluding hydrogens is 248 g/mol. The summed E-state index contributed by atoms with van der Waals surface area (Å²) in [6.07, 6.45) is 3.29. The summed E-state index contributed by atoms with van der Waals surface area (Å²) >= 11 is 0. The van der Waals surface area contributed by atoms with Crippen molar-refractivity contribution in [2.45, 2.75) is 19.0 Å². The van der Waals surface area contributed by atoms with Crippen molar-refractivity contribution in [2.24, 2.45) is 5.73 Å². The zero-order valence-corrected chi connectivity index (χ0v) is 12.4. The number of rotatable bonds is 4.